The molecule has 0 fully saturated rings. The van der Waals surface area contributed by atoms with Crippen LogP contribution in [0.1, 0.15) is 15.2 Å². The normalized spacial score (nSPS) is 10.6. The van der Waals surface area contributed by atoms with Crippen molar-refractivity contribution in [2.45, 2.75) is 6.92 Å². The molecule has 3 aromatic rings. The number of carbonyl (C=O) groups is 1. The zero-order chi connectivity index (χ0) is 18.0. The molecule has 0 unspecified atom stereocenters. The highest BCUT2D eigenvalue weighted by Gasteiger charge is 2.16. The number of hydrogen-bond donors (Lipinski definition) is 1. The predicted molar refractivity (Wildman–Crippen MR) is 98.2 cm³/mol. The third kappa shape index (κ3) is 3.81. The minimum absolute atomic E-state index is 0.0803. The molecule has 0 radical (unpaired) electrons. The van der Waals surface area contributed by atoms with E-state index in [2.05, 4.69) is 10.3 Å². The molecule has 2 aromatic carbocycles. The van der Waals surface area contributed by atoms with E-state index in [1.807, 2.05) is 31.2 Å². The van der Waals surface area contributed by atoms with Crippen LogP contribution >= 0.6 is 22.9 Å². The van der Waals surface area contributed by atoms with E-state index in [4.69, 9.17) is 16.3 Å². The maximum Gasteiger partial charge on any atom is 0.260 e. The van der Waals surface area contributed by atoms with Crippen LogP contribution in [0.25, 0.3) is 11.3 Å². The third-order valence-electron chi connectivity index (χ3n) is 3.56. The maximum atomic E-state index is 13.9. The van der Waals surface area contributed by atoms with Gasteiger partial charge in [-0.3, -0.25) is 10.1 Å². The number of benzene rings is 2. The summed E-state index contributed by atoms with van der Waals surface area (Å²) in [7, 11) is 1.60. The average molecular weight is 377 g/mol. The van der Waals surface area contributed by atoms with Crippen molar-refractivity contribution in [1.82, 2.24) is 4.98 Å². The van der Waals surface area contributed by atoms with Gasteiger partial charge in [0.05, 0.1) is 18.4 Å². The second kappa shape index (κ2) is 7.21. The van der Waals surface area contributed by atoms with E-state index in [0.717, 1.165) is 28.0 Å². The van der Waals surface area contributed by atoms with Gasteiger partial charge in [0.2, 0.25) is 0 Å². The van der Waals surface area contributed by atoms with E-state index in [1.165, 1.54) is 23.5 Å². The third-order valence-corrected chi connectivity index (χ3v) is 4.68. The summed E-state index contributed by atoms with van der Waals surface area (Å²) >= 11 is 7.03. The molecule has 0 aliphatic heterocycles. The molecule has 1 N–H and O–H groups in total. The van der Waals surface area contributed by atoms with Crippen LogP contribution in [0, 0.1) is 12.7 Å². The molecule has 0 saturated heterocycles. The highest BCUT2D eigenvalue weighted by molar-refractivity contribution is 7.16. The fourth-order valence-corrected chi connectivity index (χ4v) is 3.29. The molecule has 7 heteroatoms. The Morgan fingerprint density at radius 2 is 1.96 bits per heavy atom. The van der Waals surface area contributed by atoms with Crippen molar-refractivity contribution < 1.29 is 13.9 Å². The van der Waals surface area contributed by atoms with Crippen molar-refractivity contribution in [3.05, 3.63) is 63.7 Å². The van der Waals surface area contributed by atoms with Gasteiger partial charge < -0.3 is 4.74 Å². The van der Waals surface area contributed by atoms with Gasteiger partial charge in [-0.2, -0.15) is 0 Å². The number of hydrogen-bond acceptors (Lipinski definition) is 4. The lowest BCUT2D eigenvalue weighted by Gasteiger charge is -2.03. The molecule has 1 amide bonds. The van der Waals surface area contributed by atoms with Crippen LogP contribution in [-0.2, 0) is 0 Å². The zero-order valence-electron chi connectivity index (χ0n) is 13.5. The fourth-order valence-electron chi connectivity index (χ4n) is 2.30. The summed E-state index contributed by atoms with van der Waals surface area (Å²) in [6.45, 7) is 1.91. The van der Waals surface area contributed by atoms with Gasteiger partial charge in [0.1, 0.15) is 11.6 Å². The van der Waals surface area contributed by atoms with E-state index in [1.54, 1.807) is 7.11 Å². The summed E-state index contributed by atoms with van der Waals surface area (Å²) in [5.41, 5.74) is 1.59. The van der Waals surface area contributed by atoms with Crippen LogP contribution < -0.4 is 10.1 Å². The lowest BCUT2D eigenvalue weighted by Crippen LogP contribution is -2.13. The summed E-state index contributed by atoms with van der Waals surface area (Å²) in [5, 5.41) is 3.27. The maximum absolute atomic E-state index is 13.9. The number of halogens is 2. The van der Waals surface area contributed by atoms with Crippen LogP contribution in [0.15, 0.2) is 42.5 Å². The number of nitrogens with zero attached hydrogens (tertiary/aromatic N) is 1. The molecule has 128 valence electrons. The Morgan fingerprint density at radius 1 is 1.24 bits per heavy atom. The summed E-state index contributed by atoms with van der Waals surface area (Å²) in [6, 6.07) is 11.4. The van der Waals surface area contributed by atoms with Crippen LogP contribution in [0.2, 0.25) is 5.02 Å². The molecule has 1 heterocycles. The highest BCUT2D eigenvalue weighted by Crippen LogP contribution is 2.31. The van der Waals surface area contributed by atoms with Gasteiger partial charge in [0, 0.05) is 15.5 Å². The molecule has 0 atom stereocenters. The number of nitrogens with one attached hydrogen (secondary N) is 1. The van der Waals surface area contributed by atoms with Crippen molar-refractivity contribution in [1.29, 1.82) is 0 Å². The molecule has 0 spiro atoms. The molecule has 3 rings (SSSR count). The predicted octanol–water partition coefficient (Wildman–Crippen LogP) is 5.17. The van der Waals surface area contributed by atoms with E-state index < -0.39 is 11.7 Å². The fraction of sp³-hybridized carbons (Fsp3) is 0.111. The zero-order valence-corrected chi connectivity index (χ0v) is 15.0. The highest BCUT2D eigenvalue weighted by atomic mass is 35.5. The van der Waals surface area contributed by atoms with E-state index >= 15 is 0 Å². The Balaban J connectivity index is 1.83. The molecule has 0 aliphatic rings. The first-order valence-electron chi connectivity index (χ1n) is 7.36. The summed E-state index contributed by atoms with van der Waals surface area (Å²) in [4.78, 5) is 17.6. The number of aryl methyl sites for hydroxylation is 1. The summed E-state index contributed by atoms with van der Waals surface area (Å²) < 4.78 is 19.0. The number of rotatable bonds is 4. The summed E-state index contributed by atoms with van der Waals surface area (Å²) in [6.07, 6.45) is 0. The van der Waals surface area contributed by atoms with Gasteiger partial charge in [0.15, 0.2) is 5.13 Å². The Morgan fingerprint density at radius 3 is 2.60 bits per heavy atom. The number of thiazole rings is 1. The molecule has 0 aliphatic carbocycles. The van der Waals surface area contributed by atoms with Gasteiger partial charge in [-0.25, -0.2) is 9.37 Å². The number of anilines is 1. The number of carbonyl (C=O) groups excluding carboxylic acids is 1. The van der Waals surface area contributed by atoms with E-state index in [0.29, 0.717) is 5.13 Å². The number of ether oxygens (including phenoxy) is 1. The van der Waals surface area contributed by atoms with Crippen LogP contribution in [-0.4, -0.2) is 18.0 Å². The molecular weight excluding hydrogens is 363 g/mol. The lowest BCUT2D eigenvalue weighted by molar-refractivity contribution is 0.102. The smallest absolute Gasteiger partial charge is 0.260 e. The topological polar surface area (TPSA) is 51.2 Å². The van der Waals surface area contributed by atoms with Gasteiger partial charge in [-0.1, -0.05) is 11.6 Å². The first kappa shape index (κ1) is 17.4. The second-order valence-electron chi connectivity index (χ2n) is 5.23. The molecule has 0 bridgehead atoms. The Kier molecular flexibility index (Phi) is 5.01. The van der Waals surface area contributed by atoms with Crippen LogP contribution in [0.5, 0.6) is 5.75 Å². The first-order chi connectivity index (χ1) is 12.0. The van der Waals surface area contributed by atoms with Crippen molar-refractivity contribution >= 4 is 34.0 Å². The Labute approximate surface area is 153 Å². The van der Waals surface area contributed by atoms with E-state index in [-0.39, 0.29) is 10.6 Å². The lowest BCUT2D eigenvalue weighted by atomic mass is 10.1. The van der Waals surface area contributed by atoms with Gasteiger partial charge in [-0.05, 0) is 49.4 Å². The minimum Gasteiger partial charge on any atom is -0.497 e. The molecule has 4 nitrogen and oxygen atoms in total. The molecule has 0 saturated carbocycles. The van der Waals surface area contributed by atoms with Crippen molar-refractivity contribution in [2.75, 3.05) is 12.4 Å². The van der Waals surface area contributed by atoms with E-state index in [9.17, 15) is 9.18 Å². The van der Waals surface area contributed by atoms with Gasteiger partial charge >= 0.3 is 0 Å². The monoisotopic (exact) mass is 376 g/mol. The van der Waals surface area contributed by atoms with Gasteiger partial charge in [0.25, 0.3) is 5.91 Å². The largest absolute Gasteiger partial charge is 0.497 e. The molecular formula is C18H14ClFN2O2S. The van der Waals surface area contributed by atoms with Crippen molar-refractivity contribution in [3.63, 3.8) is 0 Å². The summed E-state index contributed by atoms with van der Waals surface area (Å²) in [5.74, 6) is -0.485. The SMILES string of the molecule is COc1ccc(-c2nc(NC(=O)c3ccc(Cl)cc3F)sc2C)cc1. The minimum atomic E-state index is -0.673. The average Bonchev–Trinajstić information content (AvgIpc) is 2.95. The van der Waals surface area contributed by atoms with Crippen molar-refractivity contribution in [2.24, 2.45) is 0 Å². The van der Waals surface area contributed by atoms with Crippen molar-refractivity contribution in [3.8, 4) is 17.0 Å². The first-order valence-corrected chi connectivity index (χ1v) is 8.55. The Bertz CT molecular complexity index is 925. The number of aromatic nitrogens is 1. The molecule has 25 heavy (non-hydrogen) atoms. The molecule has 1 aromatic heterocycles. The number of methoxy groups -OCH3 is 1. The van der Waals surface area contributed by atoms with Gasteiger partial charge in [-0.15, -0.1) is 11.3 Å². The van der Waals surface area contributed by atoms with Crippen LogP contribution in [0.4, 0.5) is 9.52 Å². The second-order valence-corrected chi connectivity index (χ2v) is 6.87. The number of amides is 1. The Hall–Kier alpha value is -2.44. The quantitative estimate of drug-likeness (QED) is 0.683. The standard InChI is InChI=1S/C18H14ClFN2O2S/c1-10-16(11-3-6-13(24-2)7-4-11)21-18(25-10)22-17(23)14-8-5-12(19)9-15(14)20/h3-9H,1-2H3,(H,21,22,23). The van der Waals surface area contributed by atoms with Crippen LogP contribution in [0.3, 0.4) is 0 Å².